The van der Waals surface area contributed by atoms with Crippen LogP contribution in [0.2, 0.25) is 0 Å². The summed E-state index contributed by atoms with van der Waals surface area (Å²) in [5.74, 6) is 0.432. The first kappa shape index (κ1) is 19.5. The first-order valence-corrected chi connectivity index (χ1v) is 9.51. The van der Waals surface area contributed by atoms with Gasteiger partial charge in [-0.25, -0.2) is 4.79 Å². The number of carbonyl (C=O) groups is 1. The second-order valence-corrected chi connectivity index (χ2v) is 6.88. The molecule has 28 heavy (non-hydrogen) atoms. The van der Waals surface area contributed by atoms with E-state index in [4.69, 9.17) is 0 Å². The predicted molar refractivity (Wildman–Crippen MR) is 112 cm³/mol. The van der Waals surface area contributed by atoms with Crippen molar-refractivity contribution in [3.63, 3.8) is 0 Å². The molecule has 3 aromatic carbocycles. The summed E-state index contributed by atoms with van der Waals surface area (Å²) in [5.41, 5.74) is 3.21. The topological polar surface area (TPSA) is 52.6 Å². The smallest absolute Gasteiger partial charge is 0.317 e. The molecule has 4 heteroatoms. The number of para-hydroxylation sites is 1. The standard InChI is InChI=1S/C24H26N2O2/c1-26(18-21-14-8-9-15-23(21)27)24(28)25-17-16-22(19-10-4-2-5-11-19)20-12-6-3-7-13-20/h2-15,22,27H,16-18H2,1H3,(H,25,28). The lowest BCUT2D eigenvalue weighted by Crippen LogP contribution is -2.37. The van der Waals surface area contributed by atoms with Crippen molar-refractivity contribution in [2.24, 2.45) is 0 Å². The van der Waals surface area contributed by atoms with Crippen LogP contribution in [0.25, 0.3) is 0 Å². The van der Waals surface area contributed by atoms with Crippen LogP contribution in [0.1, 0.15) is 29.0 Å². The maximum absolute atomic E-state index is 12.4. The number of phenolic OH excluding ortho intramolecular Hbond substituents is 1. The number of benzene rings is 3. The summed E-state index contributed by atoms with van der Waals surface area (Å²) in [6.07, 6.45) is 0.810. The van der Waals surface area contributed by atoms with Crippen LogP contribution in [-0.2, 0) is 6.54 Å². The average Bonchev–Trinajstić information content (AvgIpc) is 2.74. The van der Waals surface area contributed by atoms with E-state index in [1.54, 1.807) is 24.1 Å². The van der Waals surface area contributed by atoms with Crippen molar-refractivity contribution < 1.29 is 9.90 Å². The summed E-state index contributed by atoms with van der Waals surface area (Å²) in [6, 6.07) is 27.7. The zero-order valence-corrected chi connectivity index (χ0v) is 16.1. The van der Waals surface area contributed by atoms with Gasteiger partial charge in [0.1, 0.15) is 5.75 Å². The number of rotatable bonds is 7. The summed E-state index contributed by atoms with van der Waals surface area (Å²) < 4.78 is 0. The molecule has 0 unspecified atom stereocenters. The van der Waals surface area contributed by atoms with Gasteiger partial charge in [0.05, 0.1) is 6.54 Å². The molecule has 0 heterocycles. The van der Waals surface area contributed by atoms with Gasteiger partial charge in [-0.15, -0.1) is 0 Å². The maximum atomic E-state index is 12.4. The van der Waals surface area contributed by atoms with Crippen LogP contribution in [0.3, 0.4) is 0 Å². The summed E-state index contributed by atoms with van der Waals surface area (Å²) in [6.45, 7) is 0.928. The molecule has 4 nitrogen and oxygen atoms in total. The Morgan fingerprint density at radius 1 is 0.893 bits per heavy atom. The molecule has 3 rings (SSSR count). The van der Waals surface area contributed by atoms with Gasteiger partial charge in [0.2, 0.25) is 0 Å². The Bertz CT molecular complexity index is 842. The third-order valence-corrected chi connectivity index (χ3v) is 4.86. The van der Waals surface area contributed by atoms with Crippen molar-refractivity contribution >= 4 is 6.03 Å². The summed E-state index contributed by atoms with van der Waals surface area (Å²) >= 11 is 0. The Hall–Kier alpha value is -3.27. The molecule has 144 valence electrons. The minimum absolute atomic E-state index is 0.150. The molecule has 0 bridgehead atoms. The molecule has 0 spiro atoms. The zero-order valence-electron chi connectivity index (χ0n) is 16.1. The van der Waals surface area contributed by atoms with Gasteiger partial charge in [-0.3, -0.25) is 0 Å². The molecule has 0 aliphatic carbocycles. The van der Waals surface area contributed by atoms with Gasteiger partial charge in [0.15, 0.2) is 0 Å². The number of hydrogen-bond donors (Lipinski definition) is 2. The van der Waals surface area contributed by atoms with E-state index < -0.39 is 0 Å². The third-order valence-electron chi connectivity index (χ3n) is 4.86. The Morgan fingerprint density at radius 2 is 1.43 bits per heavy atom. The molecular weight excluding hydrogens is 348 g/mol. The Labute approximate surface area is 166 Å². The number of hydrogen-bond acceptors (Lipinski definition) is 2. The Balaban J connectivity index is 1.59. The fourth-order valence-electron chi connectivity index (χ4n) is 3.33. The first-order chi connectivity index (χ1) is 13.6. The van der Waals surface area contributed by atoms with E-state index in [9.17, 15) is 9.90 Å². The number of aromatic hydroxyl groups is 1. The van der Waals surface area contributed by atoms with Crippen LogP contribution >= 0.6 is 0 Å². The van der Waals surface area contributed by atoms with Crippen LogP contribution in [0.15, 0.2) is 84.9 Å². The van der Waals surface area contributed by atoms with E-state index in [2.05, 4.69) is 29.6 Å². The predicted octanol–water partition coefficient (Wildman–Crippen LogP) is 4.76. The van der Waals surface area contributed by atoms with Crippen molar-refractivity contribution in [3.05, 3.63) is 102 Å². The highest BCUT2D eigenvalue weighted by molar-refractivity contribution is 5.73. The highest BCUT2D eigenvalue weighted by atomic mass is 16.3. The summed E-state index contributed by atoms with van der Waals surface area (Å²) in [7, 11) is 1.73. The molecule has 2 amide bonds. The van der Waals surface area contributed by atoms with E-state index in [1.165, 1.54) is 11.1 Å². The highest BCUT2D eigenvalue weighted by Gasteiger charge is 2.15. The van der Waals surface area contributed by atoms with Gasteiger partial charge in [-0.2, -0.15) is 0 Å². The van der Waals surface area contributed by atoms with Gasteiger partial charge >= 0.3 is 6.03 Å². The van der Waals surface area contributed by atoms with Crippen LogP contribution in [0.5, 0.6) is 5.75 Å². The Morgan fingerprint density at radius 3 is 2.00 bits per heavy atom. The van der Waals surface area contributed by atoms with Crippen molar-refractivity contribution in [1.29, 1.82) is 0 Å². The minimum atomic E-state index is -0.150. The van der Waals surface area contributed by atoms with Crippen molar-refractivity contribution in [1.82, 2.24) is 10.2 Å². The molecule has 0 saturated heterocycles. The summed E-state index contributed by atoms with van der Waals surface area (Å²) in [5, 5.41) is 12.9. The molecule has 0 fully saturated rings. The molecule has 0 aliphatic heterocycles. The van der Waals surface area contributed by atoms with E-state index in [1.807, 2.05) is 48.5 Å². The second-order valence-electron chi connectivity index (χ2n) is 6.88. The van der Waals surface area contributed by atoms with Crippen LogP contribution in [0.4, 0.5) is 4.79 Å². The number of carbonyl (C=O) groups excluding carboxylic acids is 1. The third kappa shape index (κ3) is 5.13. The number of phenols is 1. The fourth-order valence-corrected chi connectivity index (χ4v) is 3.33. The van der Waals surface area contributed by atoms with Gasteiger partial charge in [-0.05, 0) is 23.6 Å². The zero-order chi connectivity index (χ0) is 19.8. The van der Waals surface area contributed by atoms with E-state index in [0.717, 1.165) is 12.0 Å². The monoisotopic (exact) mass is 374 g/mol. The lowest BCUT2D eigenvalue weighted by molar-refractivity contribution is 0.206. The Kier molecular flexibility index (Phi) is 6.68. The lowest BCUT2D eigenvalue weighted by atomic mass is 9.88. The molecule has 3 aromatic rings. The fraction of sp³-hybridized carbons (Fsp3) is 0.208. The average molecular weight is 374 g/mol. The quantitative estimate of drug-likeness (QED) is 0.627. The normalized spacial score (nSPS) is 10.6. The van der Waals surface area contributed by atoms with E-state index in [0.29, 0.717) is 13.1 Å². The lowest BCUT2D eigenvalue weighted by Gasteiger charge is -2.21. The highest BCUT2D eigenvalue weighted by Crippen LogP contribution is 2.27. The van der Waals surface area contributed by atoms with Gasteiger partial charge in [-0.1, -0.05) is 78.9 Å². The van der Waals surface area contributed by atoms with E-state index in [-0.39, 0.29) is 17.7 Å². The van der Waals surface area contributed by atoms with Crippen LogP contribution in [0, 0.1) is 0 Å². The number of nitrogens with zero attached hydrogens (tertiary/aromatic N) is 1. The van der Waals surface area contributed by atoms with Gasteiger partial charge in [0, 0.05) is 25.1 Å². The van der Waals surface area contributed by atoms with Crippen molar-refractivity contribution in [3.8, 4) is 5.75 Å². The number of nitrogens with one attached hydrogen (secondary N) is 1. The van der Waals surface area contributed by atoms with E-state index >= 15 is 0 Å². The molecule has 0 radical (unpaired) electrons. The number of urea groups is 1. The summed E-state index contributed by atoms with van der Waals surface area (Å²) in [4.78, 5) is 14.0. The SMILES string of the molecule is CN(Cc1ccccc1O)C(=O)NCCC(c1ccccc1)c1ccccc1. The maximum Gasteiger partial charge on any atom is 0.317 e. The minimum Gasteiger partial charge on any atom is -0.508 e. The van der Waals surface area contributed by atoms with Crippen molar-refractivity contribution in [2.75, 3.05) is 13.6 Å². The van der Waals surface area contributed by atoms with Gasteiger partial charge < -0.3 is 15.3 Å². The second kappa shape index (κ2) is 9.60. The molecule has 0 aromatic heterocycles. The molecule has 0 aliphatic rings. The van der Waals surface area contributed by atoms with Crippen LogP contribution in [-0.4, -0.2) is 29.6 Å². The van der Waals surface area contributed by atoms with Gasteiger partial charge in [0.25, 0.3) is 0 Å². The van der Waals surface area contributed by atoms with Crippen LogP contribution < -0.4 is 5.32 Å². The van der Waals surface area contributed by atoms with Crippen molar-refractivity contribution in [2.45, 2.75) is 18.9 Å². The molecule has 2 N–H and O–H groups in total. The molecular formula is C24H26N2O2. The molecule has 0 saturated carbocycles. The molecule has 0 atom stereocenters. The first-order valence-electron chi connectivity index (χ1n) is 9.51. The largest absolute Gasteiger partial charge is 0.508 e. The number of amides is 2.